The van der Waals surface area contributed by atoms with Gasteiger partial charge in [0.25, 0.3) is 0 Å². The van der Waals surface area contributed by atoms with Crippen LogP contribution >= 0.6 is 15.9 Å². The van der Waals surface area contributed by atoms with Crippen LogP contribution in [0.2, 0.25) is 0 Å². The van der Waals surface area contributed by atoms with Crippen molar-refractivity contribution >= 4 is 31.9 Å². The minimum atomic E-state index is -3.69. The third-order valence-corrected chi connectivity index (χ3v) is 5.63. The molecule has 0 bridgehead atoms. The van der Waals surface area contributed by atoms with Crippen LogP contribution in [0.5, 0.6) is 0 Å². The summed E-state index contributed by atoms with van der Waals surface area (Å²) in [5.74, 6) is 0.0140. The molecule has 0 spiro atoms. The van der Waals surface area contributed by atoms with Gasteiger partial charge in [0.05, 0.1) is 11.4 Å². The Bertz CT molecular complexity index is 615. The fraction of sp³-hybridized carbons (Fsp3) is 0.500. The molecule has 1 amide bonds. The van der Waals surface area contributed by atoms with E-state index in [2.05, 4.69) is 21.2 Å². The molecule has 0 aliphatic heterocycles. The van der Waals surface area contributed by atoms with Crippen molar-refractivity contribution in [3.63, 3.8) is 0 Å². The Labute approximate surface area is 134 Å². The number of carbonyl (C=O) groups is 1. The second kappa shape index (κ2) is 7.38. The predicted octanol–water partition coefficient (Wildman–Crippen LogP) is 2.15. The van der Waals surface area contributed by atoms with E-state index >= 15 is 0 Å². The van der Waals surface area contributed by atoms with Gasteiger partial charge in [0.15, 0.2) is 0 Å². The fourth-order valence-electron chi connectivity index (χ4n) is 1.64. The minimum Gasteiger partial charge on any atom is -0.355 e. The molecule has 0 aromatic heterocycles. The molecule has 1 aromatic rings. The highest BCUT2D eigenvalue weighted by Gasteiger charge is 2.25. The van der Waals surface area contributed by atoms with Gasteiger partial charge in [0, 0.05) is 18.1 Å². The van der Waals surface area contributed by atoms with E-state index in [0.29, 0.717) is 16.9 Å². The molecule has 0 radical (unpaired) electrons. The van der Waals surface area contributed by atoms with Crippen molar-refractivity contribution in [1.29, 1.82) is 0 Å². The lowest BCUT2D eigenvalue weighted by Gasteiger charge is -2.18. The van der Waals surface area contributed by atoms with Gasteiger partial charge in [-0.2, -0.15) is 4.31 Å². The maximum Gasteiger partial charge on any atom is 0.244 e. The summed E-state index contributed by atoms with van der Waals surface area (Å²) in [7, 11) is -2.30. The highest BCUT2D eigenvalue weighted by atomic mass is 79.9. The monoisotopic (exact) mass is 376 g/mol. The lowest BCUT2D eigenvalue weighted by atomic mass is 10.2. The van der Waals surface area contributed by atoms with E-state index in [1.165, 1.54) is 13.1 Å². The molecule has 5 nitrogen and oxygen atoms in total. The first-order valence-corrected chi connectivity index (χ1v) is 8.87. The number of likely N-dealkylation sites (N-methyl/N-ethyl adjacent to an activating group) is 1. The zero-order chi connectivity index (χ0) is 16.2. The standard InChI is InChI=1S/C14H21BrN2O3S/c1-10(2)8-16-14(18)9-17(4)21(19,20)13-6-5-11(3)7-12(13)15/h5-7,10H,8-9H2,1-4H3,(H,16,18). The Balaban J connectivity index is 2.85. The summed E-state index contributed by atoms with van der Waals surface area (Å²) < 4.78 is 26.5. The Hall–Kier alpha value is -0.920. The van der Waals surface area contributed by atoms with Crippen molar-refractivity contribution < 1.29 is 13.2 Å². The van der Waals surface area contributed by atoms with Gasteiger partial charge in [-0.05, 0) is 46.5 Å². The summed E-state index contributed by atoms with van der Waals surface area (Å²) in [6.07, 6.45) is 0. The molecule has 0 aliphatic rings. The van der Waals surface area contributed by atoms with Crippen LogP contribution < -0.4 is 5.32 Å². The summed E-state index contributed by atoms with van der Waals surface area (Å²) in [5.41, 5.74) is 0.957. The SMILES string of the molecule is Cc1ccc(S(=O)(=O)N(C)CC(=O)NCC(C)C)c(Br)c1. The van der Waals surface area contributed by atoms with Crippen molar-refractivity contribution in [1.82, 2.24) is 9.62 Å². The molecule has 1 N–H and O–H groups in total. The molecule has 0 saturated carbocycles. The lowest BCUT2D eigenvalue weighted by Crippen LogP contribution is -2.39. The Morgan fingerprint density at radius 3 is 2.52 bits per heavy atom. The van der Waals surface area contributed by atoms with Crippen LogP contribution in [-0.2, 0) is 14.8 Å². The van der Waals surface area contributed by atoms with E-state index in [4.69, 9.17) is 0 Å². The zero-order valence-corrected chi connectivity index (χ0v) is 15.1. The fourth-order valence-corrected chi connectivity index (χ4v) is 3.92. The number of carbonyl (C=O) groups excluding carboxylic acids is 1. The summed E-state index contributed by atoms with van der Waals surface area (Å²) in [5, 5.41) is 2.70. The van der Waals surface area contributed by atoms with Crippen LogP contribution in [0.1, 0.15) is 19.4 Å². The topological polar surface area (TPSA) is 66.5 Å². The number of hydrogen-bond donors (Lipinski definition) is 1. The molecule has 0 unspecified atom stereocenters. The minimum absolute atomic E-state index is 0.159. The summed E-state index contributed by atoms with van der Waals surface area (Å²) in [6, 6.07) is 5.00. The van der Waals surface area contributed by atoms with E-state index in [1.54, 1.807) is 12.1 Å². The average Bonchev–Trinajstić information content (AvgIpc) is 2.35. The van der Waals surface area contributed by atoms with Crippen molar-refractivity contribution in [3.8, 4) is 0 Å². The van der Waals surface area contributed by atoms with E-state index in [9.17, 15) is 13.2 Å². The maximum atomic E-state index is 12.5. The number of halogens is 1. The van der Waals surface area contributed by atoms with Gasteiger partial charge in [-0.3, -0.25) is 4.79 Å². The molecular weight excluding hydrogens is 356 g/mol. The number of hydrogen-bond acceptors (Lipinski definition) is 3. The predicted molar refractivity (Wildman–Crippen MR) is 86.5 cm³/mol. The first-order valence-electron chi connectivity index (χ1n) is 6.63. The average molecular weight is 377 g/mol. The van der Waals surface area contributed by atoms with Crippen LogP contribution in [-0.4, -0.2) is 38.8 Å². The van der Waals surface area contributed by atoms with Gasteiger partial charge in [-0.25, -0.2) is 8.42 Å². The van der Waals surface area contributed by atoms with Crippen LogP contribution in [0.4, 0.5) is 0 Å². The number of sulfonamides is 1. The van der Waals surface area contributed by atoms with Crippen LogP contribution in [0.3, 0.4) is 0 Å². The van der Waals surface area contributed by atoms with Gasteiger partial charge in [-0.15, -0.1) is 0 Å². The number of aryl methyl sites for hydroxylation is 1. The van der Waals surface area contributed by atoms with E-state index < -0.39 is 10.0 Å². The maximum absolute atomic E-state index is 12.5. The molecule has 0 aliphatic carbocycles. The molecule has 1 rings (SSSR count). The second-order valence-corrected chi connectivity index (χ2v) is 8.26. The Morgan fingerprint density at radius 1 is 1.38 bits per heavy atom. The molecule has 21 heavy (non-hydrogen) atoms. The normalized spacial score (nSPS) is 12.0. The van der Waals surface area contributed by atoms with Gasteiger partial charge in [0.2, 0.25) is 15.9 Å². The van der Waals surface area contributed by atoms with E-state index in [-0.39, 0.29) is 17.3 Å². The van der Waals surface area contributed by atoms with Crippen molar-refractivity contribution in [2.75, 3.05) is 20.1 Å². The van der Waals surface area contributed by atoms with Gasteiger partial charge < -0.3 is 5.32 Å². The molecule has 7 heteroatoms. The van der Waals surface area contributed by atoms with Gasteiger partial charge in [-0.1, -0.05) is 19.9 Å². The number of amides is 1. The quantitative estimate of drug-likeness (QED) is 0.826. The van der Waals surface area contributed by atoms with E-state index in [1.807, 2.05) is 20.8 Å². The smallest absolute Gasteiger partial charge is 0.244 e. The number of rotatable bonds is 6. The Morgan fingerprint density at radius 2 is 2.00 bits per heavy atom. The summed E-state index contributed by atoms with van der Waals surface area (Å²) in [6.45, 7) is 6.16. The molecule has 118 valence electrons. The Kier molecular flexibility index (Phi) is 6.37. The molecular formula is C14H21BrN2O3S. The molecule has 0 saturated heterocycles. The second-order valence-electron chi connectivity index (χ2n) is 5.39. The summed E-state index contributed by atoms with van der Waals surface area (Å²) in [4.78, 5) is 11.9. The highest BCUT2D eigenvalue weighted by Crippen LogP contribution is 2.25. The van der Waals surface area contributed by atoms with Crippen LogP contribution in [0.25, 0.3) is 0 Å². The molecule has 0 fully saturated rings. The van der Waals surface area contributed by atoms with Crippen molar-refractivity contribution in [2.45, 2.75) is 25.7 Å². The molecule has 0 atom stereocenters. The first-order chi connectivity index (χ1) is 9.64. The summed E-state index contributed by atoms with van der Waals surface area (Å²) >= 11 is 3.26. The number of benzene rings is 1. The van der Waals surface area contributed by atoms with Crippen LogP contribution in [0, 0.1) is 12.8 Å². The van der Waals surface area contributed by atoms with Crippen molar-refractivity contribution in [3.05, 3.63) is 28.2 Å². The van der Waals surface area contributed by atoms with Crippen molar-refractivity contribution in [2.24, 2.45) is 5.92 Å². The number of nitrogens with one attached hydrogen (secondary N) is 1. The molecule has 1 aromatic carbocycles. The number of nitrogens with zero attached hydrogens (tertiary/aromatic N) is 1. The zero-order valence-electron chi connectivity index (χ0n) is 12.7. The molecule has 0 heterocycles. The highest BCUT2D eigenvalue weighted by molar-refractivity contribution is 9.10. The largest absolute Gasteiger partial charge is 0.355 e. The lowest BCUT2D eigenvalue weighted by molar-refractivity contribution is -0.121. The van der Waals surface area contributed by atoms with E-state index in [0.717, 1.165) is 9.87 Å². The van der Waals surface area contributed by atoms with Gasteiger partial charge in [0.1, 0.15) is 0 Å². The van der Waals surface area contributed by atoms with Crippen LogP contribution in [0.15, 0.2) is 27.6 Å². The van der Waals surface area contributed by atoms with Gasteiger partial charge >= 0.3 is 0 Å². The first kappa shape index (κ1) is 18.1. The third kappa shape index (κ3) is 5.09. The third-order valence-electron chi connectivity index (χ3n) is 2.85.